The summed E-state index contributed by atoms with van der Waals surface area (Å²) in [5.74, 6) is 1.83. The Morgan fingerprint density at radius 1 is 1.37 bits per heavy atom. The Labute approximate surface area is 113 Å². The van der Waals surface area contributed by atoms with Gasteiger partial charge in [-0.3, -0.25) is 4.40 Å². The van der Waals surface area contributed by atoms with E-state index in [4.69, 9.17) is 0 Å². The summed E-state index contributed by atoms with van der Waals surface area (Å²) < 4.78 is 2.03. The molecule has 19 heavy (non-hydrogen) atoms. The molecular formula is C15H21N3O. The lowest BCUT2D eigenvalue weighted by molar-refractivity contribution is 0.164. The third-order valence-corrected chi connectivity index (χ3v) is 4.09. The minimum atomic E-state index is 0.295. The molecule has 1 fully saturated rings. The number of nitrogens with zero attached hydrogens (tertiary/aromatic N) is 3. The zero-order valence-electron chi connectivity index (χ0n) is 11.6. The van der Waals surface area contributed by atoms with Crippen LogP contribution in [0, 0.1) is 0 Å². The van der Waals surface area contributed by atoms with E-state index in [0.717, 1.165) is 17.9 Å². The van der Waals surface area contributed by atoms with Crippen LogP contribution in [-0.4, -0.2) is 38.5 Å². The molecule has 0 saturated carbocycles. The van der Waals surface area contributed by atoms with Gasteiger partial charge in [-0.05, 0) is 45.4 Å². The summed E-state index contributed by atoms with van der Waals surface area (Å²) in [6.45, 7) is 6.74. The average Bonchev–Trinajstić information content (AvgIpc) is 2.81. The van der Waals surface area contributed by atoms with Gasteiger partial charge in [0.2, 0.25) is 0 Å². The highest BCUT2D eigenvalue weighted by Crippen LogP contribution is 2.28. The smallest absolute Gasteiger partial charge is 0.132 e. The Bertz CT molecular complexity index is 576. The maximum atomic E-state index is 9.65. The van der Waals surface area contributed by atoms with Crippen molar-refractivity contribution < 1.29 is 5.11 Å². The molecule has 0 amide bonds. The minimum Gasteiger partial charge on any atom is -0.506 e. The molecule has 0 radical (unpaired) electrons. The van der Waals surface area contributed by atoms with Gasteiger partial charge in [0, 0.05) is 18.5 Å². The lowest BCUT2D eigenvalue weighted by atomic mass is 9.96. The van der Waals surface area contributed by atoms with Crippen LogP contribution in [-0.2, 0) is 0 Å². The molecule has 2 aromatic rings. The van der Waals surface area contributed by atoms with Gasteiger partial charge in [0.25, 0.3) is 0 Å². The van der Waals surface area contributed by atoms with E-state index in [1.807, 2.05) is 16.7 Å². The molecule has 4 nitrogen and oxygen atoms in total. The Morgan fingerprint density at radius 3 is 3.00 bits per heavy atom. The van der Waals surface area contributed by atoms with E-state index in [1.54, 1.807) is 12.3 Å². The van der Waals surface area contributed by atoms with Gasteiger partial charge >= 0.3 is 0 Å². The number of fused-ring (bicyclic) bond motifs is 1. The molecule has 102 valence electrons. The van der Waals surface area contributed by atoms with Crippen LogP contribution in [0.2, 0.25) is 0 Å². The highest BCUT2D eigenvalue weighted by molar-refractivity contribution is 5.48. The number of aromatic hydroxyl groups is 1. The lowest BCUT2D eigenvalue weighted by Gasteiger charge is -2.34. The van der Waals surface area contributed by atoms with Crippen molar-refractivity contribution in [1.82, 2.24) is 14.3 Å². The molecule has 2 aromatic heterocycles. The quantitative estimate of drug-likeness (QED) is 0.901. The SMILES string of the molecule is CC(C)N1CCCC(c2ncc3ccc(O)cn23)C1. The summed E-state index contributed by atoms with van der Waals surface area (Å²) in [5.41, 5.74) is 1.05. The number of imidazole rings is 1. The van der Waals surface area contributed by atoms with Gasteiger partial charge in [-0.25, -0.2) is 4.98 Å². The van der Waals surface area contributed by atoms with E-state index >= 15 is 0 Å². The van der Waals surface area contributed by atoms with Crippen LogP contribution in [0.15, 0.2) is 24.5 Å². The number of aromatic nitrogens is 2. The van der Waals surface area contributed by atoms with Crippen molar-refractivity contribution in [2.45, 2.75) is 38.6 Å². The first kappa shape index (κ1) is 12.5. The number of rotatable bonds is 2. The van der Waals surface area contributed by atoms with Gasteiger partial charge in [-0.2, -0.15) is 0 Å². The number of hydrogen-bond donors (Lipinski definition) is 1. The molecule has 1 N–H and O–H groups in total. The summed E-state index contributed by atoms with van der Waals surface area (Å²) in [7, 11) is 0. The van der Waals surface area contributed by atoms with Crippen LogP contribution >= 0.6 is 0 Å². The third-order valence-electron chi connectivity index (χ3n) is 4.09. The topological polar surface area (TPSA) is 40.8 Å². The molecule has 1 aliphatic heterocycles. The van der Waals surface area contributed by atoms with Crippen molar-refractivity contribution >= 4 is 5.52 Å². The van der Waals surface area contributed by atoms with Gasteiger partial charge in [-0.15, -0.1) is 0 Å². The molecule has 0 bridgehead atoms. The van der Waals surface area contributed by atoms with E-state index in [0.29, 0.717) is 17.7 Å². The van der Waals surface area contributed by atoms with E-state index in [2.05, 4.69) is 23.7 Å². The fourth-order valence-corrected chi connectivity index (χ4v) is 2.99. The van der Waals surface area contributed by atoms with E-state index in [-0.39, 0.29) is 0 Å². The van der Waals surface area contributed by atoms with Gasteiger partial charge in [0.1, 0.15) is 11.6 Å². The Hall–Kier alpha value is -1.55. The van der Waals surface area contributed by atoms with Crippen molar-refractivity contribution in [3.8, 4) is 5.75 Å². The molecule has 0 aliphatic carbocycles. The summed E-state index contributed by atoms with van der Waals surface area (Å²) in [6, 6.07) is 4.21. The molecule has 1 atom stereocenters. The lowest BCUT2D eigenvalue weighted by Crippen LogP contribution is -2.39. The third kappa shape index (κ3) is 2.32. The zero-order valence-corrected chi connectivity index (χ0v) is 11.6. The van der Waals surface area contributed by atoms with Crippen LogP contribution in [0.5, 0.6) is 5.75 Å². The standard InChI is InChI=1S/C15H21N3O/c1-11(2)17-7-3-4-12(9-17)15-16-8-13-5-6-14(19)10-18(13)15/h5-6,8,10-12,19H,3-4,7,9H2,1-2H3. The summed E-state index contributed by atoms with van der Waals surface area (Å²) in [4.78, 5) is 7.09. The first-order valence-electron chi connectivity index (χ1n) is 7.05. The van der Waals surface area contributed by atoms with Crippen molar-refractivity contribution in [3.05, 3.63) is 30.4 Å². The molecule has 0 spiro atoms. The molecule has 1 saturated heterocycles. The zero-order chi connectivity index (χ0) is 13.4. The predicted octanol–water partition coefficient (Wildman–Crippen LogP) is 2.63. The monoisotopic (exact) mass is 259 g/mol. The average molecular weight is 259 g/mol. The molecular weight excluding hydrogens is 238 g/mol. The fourth-order valence-electron chi connectivity index (χ4n) is 2.99. The summed E-state index contributed by atoms with van der Waals surface area (Å²) >= 11 is 0. The number of piperidine rings is 1. The van der Waals surface area contributed by atoms with E-state index < -0.39 is 0 Å². The van der Waals surface area contributed by atoms with Gasteiger partial charge in [-0.1, -0.05) is 0 Å². The number of pyridine rings is 1. The Balaban J connectivity index is 1.93. The fraction of sp³-hybridized carbons (Fsp3) is 0.533. The Morgan fingerprint density at radius 2 is 2.21 bits per heavy atom. The van der Waals surface area contributed by atoms with Crippen LogP contribution in [0.1, 0.15) is 38.4 Å². The molecule has 3 rings (SSSR count). The van der Waals surface area contributed by atoms with Crippen molar-refractivity contribution in [1.29, 1.82) is 0 Å². The van der Waals surface area contributed by atoms with Crippen LogP contribution in [0.3, 0.4) is 0 Å². The molecule has 1 unspecified atom stereocenters. The normalized spacial score (nSPS) is 21.3. The molecule has 0 aromatic carbocycles. The van der Waals surface area contributed by atoms with E-state index in [1.165, 1.54) is 19.4 Å². The summed E-state index contributed by atoms with van der Waals surface area (Å²) in [6.07, 6.45) is 6.06. The van der Waals surface area contributed by atoms with Gasteiger partial charge in [0.05, 0.1) is 17.9 Å². The first-order chi connectivity index (χ1) is 9.15. The van der Waals surface area contributed by atoms with Crippen molar-refractivity contribution in [2.75, 3.05) is 13.1 Å². The Kier molecular flexibility index (Phi) is 3.19. The highest BCUT2D eigenvalue weighted by atomic mass is 16.3. The number of hydrogen-bond acceptors (Lipinski definition) is 3. The maximum absolute atomic E-state index is 9.65. The highest BCUT2D eigenvalue weighted by Gasteiger charge is 2.25. The van der Waals surface area contributed by atoms with Crippen LogP contribution in [0.4, 0.5) is 0 Å². The second-order valence-corrected chi connectivity index (χ2v) is 5.73. The first-order valence-corrected chi connectivity index (χ1v) is 7.05. The van der Waals surface area contributed by atoms with Crippen LogP contribution < -0.4 is 0 Å². The number of likely N-dealkylation sites (tertiary alicyclic amines) is 1. The predicted molar refractivity (Wildman–Crippen MR) is 75.5 cm³/mol. The van der Waals surface area contributed by atoms with Crippen molar-refractivity contribution in [2.24, 2.45) is 0 Å². The minimum absolute atomic E-state index is 0.295. The van der Waals surface area contributed by atoms with Gasteiger partial charge < -0.3 is 10.0 Å². The van der Waals surface area contributed by atoms with Crippen LogP contribution in [0.25, 0.3) is 5.52 Å². The molecule has 4 heteroatoms. The van der Waals surface area contributed by atoms with E-state index in [9.17, 15) is 5.11 Å². The second-order valence-electron chi connectivity index (χ2n) is 5.73. The van der Waals surface area contributed by atoms with Crippen molar-refractivity contribution in [3.63, 3.8) is 0 Å². The largest absolute Gasteiger partial charge is 0.506 e. The molecule has 3 heterocycles. The maximum Gasteiger partial charge on any atom is 0.132 e. The van der Waals surface area contributed by atoms with Gasteiger partial charge in [0.15, 0.2) is 0 Å². The summed E-state index contributed by atoms with van der Waals surface area (Å²) in [5, 5.41) is 9.65. The molecule has 1 aliphatic rings. The second kappa shape index (κ2) is 4.85.